The van der Waals surface area contributed by atoms with Crippen molar-refractivity contribution < 1.29 is 13.2 Å². The molecule has 0 bridgehead atoms. The van der Waals surface area contributed by atoms with E-state index in [0.29, 0.717) is 32.5 Å². The zero-order valence-electron chi connectivity index (χ0n) is 11.8. The van der Waals surface area contributed by atoms with E-state index in [2.05, 4.69) is 0 Å². The average Bonchev–Trinajstić information content (AvgIpc) is 2.48. The Morgan fingerprint density at radius 3 is 2.67 bits per heavy atom. The topological polar surface area (TPSA) is 70.4 Å². The first-order valence-corrected chi connectivity index (χ1v) is 8.62. The summed E-state index contributed by atoms with van der Waals surface area (Å²) < 4.78 is 32.2. The van der Waals surface area contributed by atoms with Crippen molar-refractivity contribution in [1.82, 2.24) is 4.31 Å². The van der Waals surface area contributed by atoms with E-state index < -0.39 is 10.0 Å². The summed E-state index contributed by atoms with van der Waals surface area (Å²) in [7, 11) is -3.67. The molecule has 1 fully saturated rings. The Kier molecular flexibility index (Phi) is 5.22. The van der Waals surface area contributed by atoms with Gasteiger partial charge in [0.1, 0.15) is 4.90 Å². The van der Waals surface area contributed by atoms with Crippen LogP contribution in [0.15, 0.2) is 23.1 Å². The Hall–Kier alpha value is -1.13. The van der Waals surface area contributed by atoms with Gasteiger partial charge in [-0.15, -0.1) is 0 Å². The molecule has 0 atom stereocenters. The first-order chi connectivity index (χ1) is 9.98. The second-order valence-corrected chi connectivity index (χ2v) is 7.13. The number of halogens is 1. The van der Waals surface area contributed by atoms with Gasteiger partial charge in [-0.2, -0.15) is 9.57 Å². The van der Waals surface area contributed by atoms with Crippen LogP contribution in [0.4, 0.5) is 0 Å². The molecule has 5 nitrogen and oxygen atoms in total. The van der Waals surface area contributed by atoms with Crippen molar-refractivity contribution in [2.45, 2.75) is 30.8 Å². The van der Waals surface area contributed by atoms with Crippen LogP contribution in [0.1, 0.15) is 25.3 Å². The van der Waals surface area contributed by atoms with Crippen LogP contribution < -0.4 is 0 Å². The van der Waals surface area contributed by atoms with Gasteiger partial charge in [-0.3, -0.25) is 0 Å². The summed E-state index contributed by atoms with van der Waals surface area (Å²) in [6, 6.07) is 6.20. The number of benzene rings is 1. The molecule has 114 valence electrons. The fourth-order valence-electron chi connectivity index (χ4n) is 2.38. The predicted octanol–water partition coefficient (Wildman–Crippen LogP) is 2.40. The van der Waals surface area contributed by atoms with Crippen LogP contribution in [0.25, 0.3) is 0 Å². The van der Waals surface area contributed by atoms with Crippen molar-refractivity contribution >= 4 is 21.6 Å². The number of rotatable bonds is 4. The standard InChI is InChI=1S/C14H17ClN2O3S/c1-2-20-12-5-7-17(8-6-12)21(18,19)14-9-11(10-16)3-4-13(14)15/h3-4,9,12H,2,5-8H2,1H3. The minimum Gasteiger partial charge on any atom is -0.378 e. The van der Waals surface area contributed by atoms with Crippen LogP contribution in [-0.2, 0) is 14.8 Å². The van der Waals surface area contributed by atoms with Gasteiger partial charge in [-0.1, -0.05) is 11.6 Å². The van der Waals surface area contributed by atoms with Gasteiger partial charge >= 0.3 is 0 Å². The van der Waals surface area contributed by atoms with E-state index in [1.165, 1.54) is 22.5 Å². The van der Waals surface area contributed by atoms with Gasteiger partial charge in [0.15, 0.2) is 0 Å². The Morgan fingerprint density at radius 2 is 2.10 bits per heavy atom. The largest absolute Gasteiger partial charge is 0.378 e. The average molecular weight is 329 g/mol. The van der Waals surface area contributed by atoms with Gasteiger partial charge in [0.25, 0.3) is 0 Å². The van der Waals surface area contributed by atoms with Gasteiger partial charge in [0.2, 0.25) is 10.0 Å². The third-order valence-corrected chi connectivity index (χ3v) is 5.86. The molecule has 2 rings (SSSR count). The molecular formula is C14H17ClN2O3S. The molecule has 0 spiro atoms. The summed E-state index contributed by atoms with van der Waals surface area (Å²) in [5.74, 6) is 0. The molecule has 1 aromatic rings. The summed E-state index contributed by atoms with van der Waals surface area (Å²) >= 11 is 6.00. The van der Waals surface area contributed by atoms with Crippen molar-refractivity contribution in [1.29, 1.82) is 5.26 Å². The Morgan fingerprint density at radius 1 is 1.43 bits per heavy atom. The van der Waals surface area contributed by atoms with E-state index in [4.69, 9.17) is 21.6 Å². The normalized spacial score (nSPS) is 17.6. The molecule has 7 heteroatoms. The lowest BCUT2D eigenvalue weighted by atomic mass is 10.1. The SMILES string of the molecule is CCOC1CCN(S(=O)(=O)c2cc(C#N)ccc2Cl)CC1. The Balaban J connectivity index is 2.22. The van der Waals surface area contributed by atoms with Gasteiger partial charge in [0, 0.05) is 19.7 Å². The van der Waals surface area contributed by atoms with Crippen molar-refractivity contribution in [3.05, 3.63) is 28.8 Å². The molecule has 1 heterocycles. The molecule has 1 aromatic carbocycles. The van der Waals surface area contributed by atoms with Crippen molar-refractivity contribution in [3.8, 4) is 6.07 Å². The highest BCUT2D eigenvalue weighted by molar-refractivity contribution is 7.89. The summed E-state index contributed by atoms with van der Waals surface area (Å²) in [6.45, 7) is 3.37. The fraction of sp³-hybridized carbons (Fsp3) is 0.500. The van der Waals surface area contributed by atoms with Gasteiger partial charge < -0.3 is 4.74 Å². The van der Waals surface area contributed by atoms with E-state index in [-0.39, 0.29) is 21.6 Å². The van der Waals surface area contributed by atoms with E-state index in [9.17, 15) is 8.42 Å². The minimum atomic E-state index is -3.67. The van der Waals surface area contributed by atoms with Crippen molar-refractivity contribution in [2.24, 2.45) is 0 Å². The van der Waals surface area contributed by atoms with Crippen molar-refractivity contribution in [3.63, 3.8) is 0 Å². The highest BCUT2D eigenvalue weighted by Gasteiger charge is 2.31. The second-order valence-electron chi connectivity index (χ2n) is 4.82. The highest BCUT2D eigenvalue weighted by Crippen LogP contribution is 2.28. The minimum absolute atomic E-state index is 0.00178. The number of piperidine rings is 1. The molecular weight excluding hydrogens is 312 g/mol. The number of hydrogen-bond acceptors (Lipinski definition) is 4. The number of hydrogen-bond donors (Lipinski definition) is 0. The molecule has 0 aromatic heterocycles. The number of ether oxygens (including phenoxy) is 1. The zero-order chi connectivity index (χ0) is 15.5. The third kappa shape index (κ3) is 3.55. The van der Waals surface area contributed by atoms with Crippen LogP contribution in [-0.4, -0.2) is 38.5 Å². The van der Waals surface area contributed by atoms with Crippen LogP contribution in [0.3, 0.4) is 0 Å². The molecule has 0 N–H and O–H groups in total. The molecule has 0 radical (unpaired) electrons. The quantitative estimate of drug-likeness (QED) is 0.851. The highest BCUT2D eigenvalue weighted by atomic mass is 35.5. The summed E-state index contributed by atoms with van der Waals surface area (Å²) in [5, 5.41) is 9.04. The van der Waals surface area contributed by atoms with E-state index in [0.717, 1.165) is 0 Å². The maximum absolute atomic E-state index is 12.6. The number of nitrogens with zero attached hydrogens (tertiary/aromatic N) is 2. The fourth-order valence-corrected chi connectivity index (χ4v) is 4.35. The first-order valence-electron chi connectivity index (χ1n) is 6.80. The second kappa shape index (κ2) is 6.75. The van der Waals surface area contributed by atoms with E-state index in [1.807, 2.05) is 13.0 Å². The van der Waals surface area contributed by atoms with Crippen LogP contribution >= 0.6 is 11.6 Å². The third-order valence-electron chi connectivity index (χ3n) is 3.48. The lowest BCUT2D eigenvalue weighted by molar-refractivity contribution is 0.0290. The van der Waals surface area contributed by atoms with E-state index in [1.54, 1.807) is 0 Å². The van der Waals surface area contributed by atoms with Crippen LogP contribution in [0, 0.1) is 11.3 Å². The van der Waals surface area contributed by atoms with Gasteiger partial charge in [-0.05, 0) is 38.0 Å². The molecule has 1 aliphatic rings. The molecule has 0 aliphatic carbocycles. The van der Waals surface area contributed by atoms with E-state index >= 15 is 0 Å². The summed E-state index contributed by atoms with van der Waals surface area (Å²) in [6.07, 6.45) is 1.45. The molecule has 1 saturated heterocycles. The molecule has 0 saturated carbocycles. The van der Waals surface area contributed by atoms with Crippen LogP contribution in [0.5, 0.6) is 0 Å². The number of nitriles is 1. The van der Waals surface area contributed by atoms with Gasteiger partial charge in [0.05, 0.1) is 22.8 Å². The summed E-state index contributed by atoms with van der Waals surface area (Å²) in [5.41, 5.74) is 0.280. The monoisotopic (exact) mass is 328 g/mol. The molecule has 21 heavy (non-hydrogen) atoms. The Labute approximate surface area is 130 Å². The summed E-state index contributed by atoms with van der Waals surface area (Å²) in [4.78, 5) is -0.00178. The predicted molar refractivity (Wildman–Crippen MR) is 79.6 cm³/mol. The molecule has 0 amide bonds. The smallest absolute Gasteiger partial charge is 0.244 e. The molecule has 1 aliphatic heterocycles. The zero-order valence-corrected chi connectivity index (χ0v) is 13.3. The maximum atomic E-state index is 12.6. The number of sulfonamides is 1. The van der Waals surface area contributed by atoms with Crippen LogP contribution in [0.2, 0.25) is 5.02 Å². The Bertz CT molecular complexity index is 647. The maximum Gasteiger partial charge on any atom is 0.244 e. The lowest BCUT2D eigenvalue weighted by Gasteiger charge is -2.31. The van der Waals surface area contributed by atoms with Crippen molar-refractivity contribution in [2.75, 3.05) is 19.7 Å². The lowest BCUT2D eigenvalue weighted by Crippen LogP contribution is -2.40. The first kappa shape index (κ1) is 16.2. The van der Waals surface area contributed by atoms with Gasteiger partial charge in [-0.25, -0.2) is 8.42 Å². The molecule has 0 unspecified atom stereocenters.